The van der Waals surface area contributed by atoms with E-state index < -0.39 is 42.6 Å². The molecule has 0 aromatic rings. The van der Waals surface area contributed by atoms with Crippen LogP contribution >= 0.6 is 0 Å². The molecule has 0 amide bonds. The molecule has 9 heteroatoms. The maximum atomic E-state index is 13.8. The molecule has 0 aliphatic heterocycles. The predicted octanol–water partition coefficient (Wildman–Crippen LogP) is 3.49. The van der Waals surface area contributed by atoms with Gasteiger partial charge in [-0.1, -0.05) is 6.92 Å². The van der Waals surface area contributed by atoms with Crippen LogP contribution in [0.15, 0.2) is 0 Å². The Morgan fingerprint density at radius 2 is 1.61 bits per heavy atom. The molecule has 0 radical (unpaired) electrons. The molecule has 160 valence electrons. The van der Waals surface area contributed by atoms with Crippen LogP contribution in [0, 0.1) is 17.3 Å². The fourth-order valence-corrected chi connectivity index (χ4v) is 3.41. The number of fused-ring (bicyclic) bond motifs is 2. The van der Waals surface area contributed by atoms with E-state index in [-0.39, 0.29) is 18.6 Å². The maximum Gasteiger partial charge on any atom is 0.508 e. The first kappa shape index (κ1) is 22.4. The van der Waals surface area contributed by atoms with E-state index in [0.29, 0.717) is 12.3 Å². The largest absolute Gasteiger partial charge is 0.508 e. The fraction of sp³-hybridized carbons (Fsp3) is 0.842. The zero-order valence-electron chi connectivity index (χ0n) is 16.5. The minimum Gasteiger partial charge on any atom is -0.462 e. The van der Waals surface area contributed by atoms with Gasteiger partial charge in [-0.2, -0.15) is 8.78 Å². The lowest BCUT2D eigenvalue weighted by Gasteiger charge is -2.22. The first-order valence-electron chi connectivity index (χ1n) is 9.61. The van der Waals surface area contributed by atoms with E-state index in [2.05, 4.69) is 9.47 Å². The van der Waals surface area contributed by atoms with E-state index in [1.54, 1.807) is 13.8 Å². The Kier molecular flexibility index (Phi) is 7.22. The number of alkyl halides is 2. The van der Waals surface area contributed by atoms with Gasteiger partial charge in [0.15, 0.2) is 6.61 Å². The summed E-state index contributed by atoms with van der Waals surface area (Å²) in [5.41, 5.74) is -0.707. The molecule has 7 nitrogen and oxygen atoms in total. The van der Waals surface area contributed by atoms with Gasteiger partial charge < -0.3 is 18.9 Å². The number of esters is 2. The minimum absolute atomic E-state index is 0.267. The molecule has 0 heterocycles. The number of carbonyl (C=O) groups is 3. The van der Waals surface area contributed by atoms with Crippen LogP contribution in [0.25, 0.3) is 0 Å². The second-order valence-corrected chi connectivity index (χ2v) is 8.08. The molecule has 0 aromatic heterocycles. The molecule has 2 saturated carbocycles. The summed E-state index contributed by atoms with van der Waals surface area (Å²) in [5, 5.41) is 0. The fourth-order valence-electron chi connectivity index (χ4n) is 3.41. The number of hydrogen-bond donors (Lipinski definition) is 0. The standard InChI is InChI=1S/C19H28F2O7/c1-4-18(2,3)15(22)25-7-8-26-16(23)19(20,21)11-27-17(24)28-14-10-12-5-6-13(14)9-12/h12-14H,4-11H2,1-3H3. The van der Waals surface area contributed by atoms with Crippen LogP contribution in [0.1, 0.15) is 52.9 Å². The quantitative estimate of drug-likeness (QED) is 0.329. The lowest BCUT2D eigenvalue weighted by molar-refractivity contribution is -0.181. The molecular formula is C19H28F2O7. The van der Waals surface area contributed by atoms with E-state index >= 15 is 0 Å². The van der Waals surface area contributed by atoms with Crippen molar-refractivity contribution in [1.82, 2.24) is 0 Å². The van der Waals surface area contributed by atoms with Crippen LogP contribution < -0.4 is 0 Å². The Labute approximate surface area is 163 Å². The van der Waals surface area contributed by atoms with Gasteiger partial charge in [0, 0.05) is 0 Å². The van der Waals surface area contributed by atoms with Gasteiger partial charge >= 0.3 is 24.0 Å². The Hall–Kier alpha value is -1.93. The van der Waals surface area contributed by atoms with Gasteiger partial charge in [-0.25, -0.2) is 9.59 Å². The van der Waals surface area contributed by atoms with E-state index in [1.165, 1.54) is 0 Å². The van der Waals surface area contributed by atoms with Crippen LogP contribution in [-0.2, 0) is 28.5 Å². The molecule has 3 atom stereocenters. The van der Waals surface area contributed by atoms with Gasteiger partial charge in [0.25, 0.3) is 0 Å². The van der Waals surface area contributed by atoms with Gasteiger partial charge in [-0.15, -0.1) is 0 Å². The van der Waals surface area contributed by atoms with Gasteiger partial charge in [-0.3, -0.25) is 4.79 Å². The van der Waals surface area contributed by atoms with Crippen LogP contribution in [-0.4, -0.2) is 49.9 Å². The SMILES string of the molecule is CCC(C)(C)C(=O)OCCOC(=O)C(F)(F)COC(=O)OC1CC2CCC1C2. The lowest BCUT2D eigenvalue weighted by Crippen LogP contribution is -2.38. The van der Waals surface area contributed by atoms with Crippen molar-refractivity contribution in [3.63, 3.8) is 0 Å². The van der Waals surface area contributed by atoms with Crippen molar-refractivity contribution in [2.75, 3.05) is 19.8 Å². The number of hydrogen-bond acceptors (Lipinski definition) is 7. The molecular weight excluding hydrogens is 378 g/mol. The number of halogens is 2. The van der Waals surface area contributed by atoms with Crippen LogP contribution in [0.4, 0.5) is 13.6 Å². The molecule has 3 unspecified atom stereocenters. The van der Waals surface area contributed by atoms with Crippen molar-refractivity contribution >= 4 is 18.1 Å². The van der Waals surface area contributed by atoms with Crippen molar-refractivity contribution < 1.29 is 42.1 Å². The molecule has 2 aliphatic rings. The third-order valence-electron chi connectivity index (χ3n) is 5.58. The highest BCUT2D eigenvalue weighted by Crippen LogP contribution is 2.45. The van der Waals surface area contributed by atoms with Crippen molar-refractivity contribution in [3.8, 4) is 0 Å². The average Bonchev–Trinajstić information content (AvgIpc) is 3.26. The van der Waals surface area contributed by atoms with Crippen LogP contribution in [0.5, 0.6) is 0 Å². The minimum atomic E-state index is -4.01. The smallest absolute Gasteiger partial charge is 0.462 e. The van der Waals surface area contributed by atoms with Crippen LogP contribution in [0.3, 0.4) is 0 Å². The molecule has 0 spiro atoms. The van der Waals surface area contributed by atoms with Crippen LogP contribution in [0.2, 0.25) is 0 Å². The summed E-state index contributed by atoms with van der Waals surface area (Å²) in [6.45, 7) is 2.86. The van der Waals surface area contributed by atoms with Gasteiger partial charge in [0.1, 0.15) is 19.3 Å². The Morgan fingerprint density at radius 1 is 0.964 bits per heavy atom. The van der Waals surface area contributed by atoms with Gasteiger partial charge in [0.05, 0.1) is 5.41 Å². The average molecular weight is 406 g/mol. The molecule has 28 heavy (non-hydrogen) atoms. The highest BCUT2D eigenvalue weighted by molar-refractivity contribution is 5.78. The molecule has 0 saturated heterocycles. The zero-order valence-corrected chi connectivity index (χ0v) is 16.5. The number of ether oxygens (including phenoxy) is 4. The Morgan fingerprint density at radius 3 is 2.14 bits per heavy atom. The Balaban J connectivity index is 1.65. The summed E-state index contributed by atoms with van der Waals surface area (Å²) < 4.78 is 46.3. The third kappa shape index (κ3) is 5.78. The first-order valence-corrected chi connectivity index (χ1v) is 9.61. The maximum absolute atomic E-state index is 13.8. The summed E-state index contributed by atoms with van der Waals surface area (Å²) in [4.78, 5) is 34.8. The molecule has 0 N–H and O–H groups in total. The summed E-state index contributed by atoms with van der Waals surface area (Å²) >= 11 is 0. The van der Waals surface area contributed by atoms with Crippen molar-refractivity contribution in [2.24, 2.45) is 17.3 Å². The molecule has 2 rings (SSSR count). The molecule has 0 aromatic carbocycles. The number of carbonyl (C=O) groups excluding carboxylic acids is 3. The summed E-state index contributed by atoms with van der Waals surface area (Å²) in [6.07, 6.45) is 2.82. The molecule has 2 aliphatic carbocycles. The van der Waals surface area contributed by atoms with E-state index in [0.717, 1.165) is 25.7 Å². The van der Waals surface area contributed by atoms with E-state index in [9.17, 15) is 23.2 Å². The normalized spacial score (nSPS) is 24.0. The monoisotopic (exact) mass is 406 g/mol. The first-order chi connectivity index (χ1) is 13.0. The highest BCUT2D eigenvalue weighted by Gasteiger charge is 2.45. The zero-order chi connectivity index (χ0) is 20.9. The van der Waals surface area contributed by atoms with Crippen molar-refractivity contribution in [3.05, 3.63) is 0 Å². The Bertz CT molecular complexity index is 591. The number of rotatable bonds is 9. The van der Waals surface area contributed by atoms with E-state index in [1.807, 2.05) is 6.92 Å². The second-order valence-electron chi connectivity index (χ2n) is 8.08. The van der Waals surface area contributed by atoms with Crippen molar-refractivity contribution in [1.29, 1.82) is 0 Å². The third-order valence-corrected chi connectivity index (χ3v) is 5.58. The molecule has 2 bridgehead atoms. The molecule has 2 fully saturated rings. The van der Waals surface area contributed by atoms with Gasteiger partial charge in [-0.05, 0) is 57.8 Å². The summed E-state index contributed by atoms with van der Waals surface area (Å²) in [6, 6.07) is 0. The summed E-state index contributed by atoms with van der Waals surface area (Å²) in [5.74, 6) is -5.59. The second kappa shape index (κ2) is 9.05. The topological polar surface area (TPSA) is 88.1 Å². The van der Waals surface area contributed by atoms with Gasteiger partial charge in [0.2, 0.25) is 0 Å². The predicted molar refractivity (Wildman–Crippen MR) is 92.6 cm³/mol. The summed E-state index contributed by atoms with van der Waals surface area (Å²) in [7, 11) is 0. The highest BCUT2D eigenvalue weighted by atomic mass is 19.3. The van der Waals surface area contributed by atoms with Crippen molar-refractivity contribution in [2.45, 2.75) is 64.9 Å². The lowest BCUT2D eigenvalue weighted by atomic mass is 9.91. The van der Waals surface area contributed by atoms with E-state index in [4.69, 9.17) is 9.47 Å².